The van der Waals surface area contributed by atoms with Crippen molar-refractivity contribution in [3.63, 3.8) is 0 Å². The zero-order valence-electron chi connectivity index (χ0n) is 17.9. The van der Waals surface area contributed by atoms with Crippen LogP contribution in [0.4, 0.5) is 0 Å². The highest BCUT2D eigenvalue weighted by atomic mass is 16.2. The molecular weight excluding hydrogens is 396 g/mol. The van der Waals surface area contributed by atoms with Crippen molar-refractivity contribution in [2.24, 2.45) is 0 Å². The van der Waals surface area contributed by atoms with Crippen molar-refractivity contribution in [1.82, 2.24) is 20.1 Å². The summed E-state index contributed by atoms with van der Waals surface area (Å²) in [5, 5.41) is 7.79. The number of fused-ring (bicyclic) bond motifs is 1. The molecule has 0 aliphatic heterocycles. The Morgan fingerprint density at radius 2 is 1.62 bits per heavy atom. The molecule has 0 spiro atoms. The normalized spacial score (nSPS) is 15.2. The van der Waals surface area contributed by atoms with E-state index in [2.05, 4.69) is 45.7 Å². The fourth-order valence-electron chi connectivity index (χ4n) is 4.41. The maximum absolute atomic E-state index is 13.1. The summed E-state index contributed by atoms with van der Waals surface area (Å²) in [6, 6.07) is 28.6. The molecule has 0 fully saturated rings. The van der Waals surface area contributed by atoms with Gasteiger partial charge in [0.2, 0.25) is 5.82 Å². The van der Waals surface area contributed by atoms with Gasteiger partial charge in [-0.05, 0) is 54.5 Å². The Balaban J connectivity index is 1.40. The van der Waals surface area contributed by atoms with Gasteiger partial charge in [0.1, 0.15) is 5.82 Å². The summed E-state index contributed by atoms with van der Waals surface area (Å²) in [5.74, 6) is 0.788. The molecule has 1 aromatic heterocycles. The number of rotatable bonds is 6. The molecule has 5 nitrogen and oxygen atoms in total. The summed E-state index contributed by atoms with van der Waals surface area (Å²) in [4.78, 5) is 17.8. The molecule has 1 atom stereocenters. The topological polar surface area (TPSA) is 59.8 Å². The van der Waals surface area contributed by atoms with Crippen LogP contribution in [0.5, 0.6) is 0 Å². The molecule has 5 heteroatoms. The van der Waals surface area contributed by atoms with Crippen LogP contribution in [-0.2, 0) is 19.3 Å². The molecule has 0 saturated carbocycles. The highest BCUT2D eigenvalue weighted by Crippen LogP contribution is 2.29. The Bertz CT molecular complexity index is 1200. The molecule has 1 amide bonds. The number of amides is 1. The van der Waals surface area contributed by atoms with Gasteiger partial charge in [-0.2, -0.15) is 0 Å². The van der Waals surface area contributed by atoms with Crippen molar-refractivity contribution < 1.29 is 4.79 Å². The van der Waals surface area contributed by atoms with Crippen LogP contribution in [0.3, 0.4) is 0 Å². The SMILES string of the molecule is O=C(N[C@H]1CCCc2ccccc21)c1nc(CCc2ccccc2)n(-c2ccccc2)n1. The molecule has 0 radical (unpaired) electrons. The highest BCUT2D eigenvalue weighted by molar-refractivity contribution is 5.90. The van der Waals surface area contributed by atoms with E-state index in [9.17, 15) is 4.79 Å². The Morgan fingerprint density at radius 1 is 0.906 bits per heavy atom. The van der Waals surface area contributed by atoms with E-state index < -0.39 is 0 Å². The quantitative estimate of drug-likeness (QED) is 0.483. The van der Waals surface area contributed by atoms with Gasteiger partial charge in [-0.25, -0.2) is 9.67 Å². The summed E-state index contributed by atoms with van der Waals surface area (Å²) in [6.07, 6.45) is 4.60. The van der Waals surface area contributed by atoms with Crippen LogP contribution >= 0.6 is 0 Å². The van der Waals surface area contributed by atoms with Gasteiger partial charge < -0.3 is 5.32 Å². The smallest absolute Gasteiger partial charge is 0.291 e. The van der Waals surface area contributed by atoms with Crippen molar-refractivity contribution >= 4 is 5.91 Å². The highest BCUT2D eigenvalue weighted by Gasteiger charge is 2.24. The number of benzene rings is 3. The van der Waals surface area contributed by atoms with E-state index in [0.717, 1.165) is 37.2 Å². The Kier molecular flexibility index (Phi) is 5.79. The van der Waals surface area contributed by atoms with Crippen molar-refractivity contribution in [3.8, 4) is 5.69 Å². The predicted molar refractivity (Wildman–Crippen MR) is 125 cm³/mol. The van der Waals surface area contributed by atoms with Gasteiger partial charge in [0, 0.05) is 6.42 Å². The molecule has 0 unspecified atom stereocenters. The number of para-hydroxylation sites is 1. The average Bonchev–Trinajstić information content (AvgIpc) is 3.29. The van der Waals surface area contributed by atoms with Crippen LogP contribution < -0.4 is 5.32 Å². The number of aryl methyl sites for hydroxylation is 3. The first-order chi connectivity index (χ1) is 15.8. The van der Waals surface area contributed by atoms with Crippen LogP contribution in [0.2, 0.25) is 0 Å². The van der Waals surface area contributed by atoms with Crippen LogP contribution in [0.25, 0.3) is 5.69 Å². The van der Waals surface area contributed by atoms with Crippen LogP contribution in [0.15, 0.2) is 84.9 Å². The zero-order chi connectivity index (χ0) is 21.8. The molecular formula is C27H26N4O. The van der Waals surface area contributed by atoms with Crippen LogP contribution in [-0.4, -0.2) is 20.7 Å². The first-order valence-corrected chi connectivity index (χ1v) is 11.2. The molecule has 1 N–H and O–H groups in total. The first-order valence-electron chi connectivity index (χ1n) is 11.2. The minimum atomic E-state index is -0.220. The predicted octanol–water partition coefficient (Wildman–Crippen LogP) is 4.86. The molecule has 5 rings (SSSR count). The van der Waals surface area contributed by atoms with Crippen LogP contribution in [0.1, 0.15) is 52.0 Å². The maximum atomic E-state index is 13.1. The number of carbonyl (C=O) groups is 1. The molecule has 32 heavy (non-hydrogen) atoms. The van der Waals surface area contributed by atoms with Gasteiger partial charge in [-0.3, -0.25) is 4.79 Å². The van der Waals surface area contributed by atoms with E-state index in [1.165, 1.54) is 16.7 Å². The lowest BCUT2D eigenvalue weighted by Crippen LogP contribution is -2.31. The molecule has 1 aliphatic rings. The maximum Gasteiger partial charge on any atom is 0.291 e. The number of aromatic nitrogens is 3. The van der Waals surface area contributed by atoms with E-state index in [1.54, 1.807) is 4.68 Å². The Labute approximate surface area is 188 Å². The fraction of sp³-hybridized carbons (Fsp3) is 0.222. The average molecular weight is 423 g/mol. The lowest BCUT2D eigenvalue weighted by atomic mass is 9.88. The van der Waals surface area contributed by atoms with Gasteiger partial charge in [0.15, 0.2) is 0 Å². The molecule has 4 aromatic rings. The summed E-state index contributed by atoms with van der Waals surface area (Å²) in [5.41, 5.74) is 4.67. The van der Waals surface area contributed by atoms with Crippen molar-refractivity contribution in [2.45, 2.75) is 38.1 Å². The molecule has 160 valence electrons. The van der Waals surface area contributed by atoms with Gasteiger partial charge in [0.25, 0.3) is 5.91 Å². The third-order valence-corrected chi connectivity index (χ3v) is 6.03. The zero-order valence-corrected chi connectivity index (χ0v) is 17.9. The van der Waals surface area contributed by atoms with Crippen molar-refractivity contribution in [1.29, 1.82) is 0 Å². The molecule has 0 saturated heterocycles. The van der Waals surface area contributed by atoms with Gasteiger partial charge in [-0.15, -0.1) is 5.10 Å². The number of hydrogen-bond acceptors (Lipinski definition) is 3. The lowest BCUT2D eigenvalue weighted by molar-refractivity contribution is 0.0922. The van der Waals surface area contributed by atoms with Crippen molar-refractivity contribution in [2.75, 3.05) is 0 Å². The third-order valence-electron chi connectivity index (χ3n) is 6.03. The standard InChI is InChI=1S/C27H26N4O/c32-27(28-24-17-9-13-21-12-7-8-16-23(21)24)26-29-25(19-18-20-10-3-1-4-11-20)31(30-26)22-14-5-2-6-15-22/h1-8,10-12,14-16,24H,9,13,17-19H2,(H,28,32)/t24-/m0/s1. The molecule has 0 bridgehead atoms. The fourth-order valence-corrected chi connectivity index (χ4v) is 4.41. The molecule has 3 aromatic carbocycles. The third kappa shape index (κ3) is 4.33. The van der Waals surface area contributed by atoms with Gasteiger partial charge >= 0.3 is 0 Å². The largest absolute Gasteiger partial charge is 0.342 e. The summed E-state index contributed by atoms with van der Waals surface area (Å²) < 4.78 is 1.80. The summed E-state index contributed by atoms with van der Waals surface area (Å²) >= 11 is 0. The molecule has 1 heterocycles. The minimum Gasteiger partial charge on any atom is -0.342 e. The Morgan fingerprint density at radius 3 is 2.44 bits per heavy atom. The summed E-state index contributed by atoms with van der Waals surface area (Å²) in [6.45, 7) is 0. The summed E-state index contributed by atoms with van der Waals surface area (Å²) in [7, 11) is 0. The second kappa shape index (κ2) is 9.18. The van der Waals surface area contributed by atoms with Gasteiger partial charge in [0.05, 0.1) is 11.7 Å². The first kappa shape index (κ1) is 20.2. The number of carbonyl (C=O) groups excluding carboxylic acids is 1. The molecule has 1 aliphatic carbocycles. The van der Waals surface area contributed by atoms with E-state index >= 15 is 0 Å². The van der Waals surface area contributed by atoms with E-state index in [0.29, 0.717) is 6.42 Å². The second-order valence-corrected chi connectivity index (χ2v) is 8.20. The number of hydrogen-bond donors (Lipinski definition) is 1. The van der Waals surface area contributed by atoms with Gasteiger partial charge in [-0.1, -0.05) is 72.8 Å². The van der Waals surface area contributed by atoms with E-state index in [1.807, 2.05) is 54.6 Å². The number of nitrogens with one attached hydrogen (secondary N) is 1. The minimum absolute atomic E-state index is 0.00361. The monoisotopic (exact) mass is 422 g/mol. The van der Waals surface area contributed by atoms with E-state index in [-0.39, 0.29) is 17.8 Å². The Hall–Kier alpha value is -3.73. The van der Waals surface area contributed by atoms with Crippen LogP contribution in [0, 0.1) is 0 Å². The lowest BCUT2D eigenvalue weighted by Gasteiger charge is -2.25. The van der Waals surface area contributed by atoms with Crippen molar-refractivity contribution in [3.05, 3.63) is 113 Å². The second-order valence-electron chi connectivity index (χ2n) is 8.20. The van der Waals surface area contributed by atoms with E-state index in [4.69, 9.17) is 0 Å². The number of nitrogens with zero attached hydrogens (tertiary/aromatic N) is 3.